The zero-order chi connectivity index (χ0) is 24.5. The maximum Gasteiger partial charge on any atom is 0.269 e. The number of ether oxygens (including phenoxy) is 1. The van der Waals surface area contributed by atoms with Gasteiger partial charge in [0, 0.05) is 25.2 Å². The molecular formula is C23H27N5O5S. The SMILES string of the molecule is CCn1c(NNC(=O)c2ccc(S(=O)(=O)N3C[C@H](C)O[C@@H](C)C3)cc2)nc2ccccc2c1=O. The maximum absolute atomic E-state index is 13.0. The normalized spacial score (nSPS) is 19.1. The molecule has 11 heteroatoms. The Morgan fingerprint density at radius 3 is 2.38 bits per heavy atom. The number of nitrogens with one attached hydrogen (secondary N) is 2. The van der Waals surface area contributed by atoms with Crippen molar-refractivity contribution in [1.82, 2.24) is 19.3 Å². The van der Waals surface area contributed by atoms with Gasteiger partial charge in [-0.1, -0.05) is 12.1 Å². The number of nitrogens with zero attached hydrogens (tertiary/aromatic N) is 3. The smallest absolute Gasteiger partial charge is 0.269 e. The fraction of sp³-hybridized carbons (Fsp3) is 0.348. The Bertz CT molecular complexity index is 1360. The van der Waals surface area contributed by atoms with Gasteiger partial charge in [-0.15, -0.1) is 0 Å². The van der Waals surface area contributed by atoms with Crippen LogP contribution in [0.25, 0.3) is 10.9 Å². The summed E-state index contributed by atoms with van der Waals surface area (Å²) in [4.78, 5) is 29.9. The van der Waals surface area contributed by atoms with E-state index < -0.39 is 15.9 Å². The number of morpholine rings is 1. The number of anilines is 1. The van der Waals surface area contributed by atoms with E-state index in [9.17, 15) is 18.0 Å². The molecule has 1 fully saturated rings. The Hall–Kier alpha value is -3.28. The predicted octanol–water partition coefficient (Wildman–Crippen LogP) is 1.97. The molecule has 1 aliphatic heterocycles. The molecular weight excluding hydrogens is 458 g/mol. The first-order valence-corrected chi connectivity index (χ1v) is 12.5. The van der Waals surface area contributed by atoms with Crippen molar-refractivity contribution in [2.45, 2.75) is 44.4 Å². The van der Waals surface area contributed by atoms with Gasteiger partial charge < -0.3 is 4.74 Å². The summed E-state index contributed by atoms with van der Waals surface area (Å²) < 4.78 is 34.4. The molecule has 2 atom stereocenters. The quantitative estimate of drug-likeness (QED) is 0.512. The molecule has 2 aromatic carbocycles. The lowest BCUT2D eigenvalue weighted by atomic mass is 10.2. The largest absolute Gasteiger partial charge is 0.373 e. The first-order chi connectivity index (χ1) is 16.2. The minimum atomic E-state index is -3.70. The minimum Gasteiger partial charge on any atom is -0.373 e. The third-order valence-electron chi connectivity index (χ3n) is 5.61. The highest BCUT2D eigenvalue weighted by molar-refractivity contribution is 7.89. The average molecular weight is 486 g/mol. The van der Waals surface area contributed by atoms with Gasteiger partial charge in [0.1, 0.15) is 0 Å². The standard InChI is InChI=1S/C23H27N5O5S/c1-4-28-22(30)19-7-5-6-8-20(19)24-23(28)26-25-21(29)17-9-11-18(12-10-17)34(31,32)27-13-15(2)33-16(3)14-27/h5-12,15-16H,4,13-14H2,1-3H3,(H,24,26)(H,25,29)/t15-,16-/m0/s1. The number of carbonyl (C=O) groups is 1. The van der Waals surface area contributed by atoms with Crippen LogP contribution in [0.5, 0.6) is 0 Å². The number of hydrogen-bond acceptors (Lipinski definition) is 7. The fourth-order valence-corrected chi connectivity index (χ4v) is 5.59. The highest BCUT2D eigenvalue weighted by Crippen LogP contribution is 2.21. The van der Waals surface area contributed by atoms with E-state index in [2.05, 4.69) is 15.8 Å². The van der Waals surface area contributed by atoms with E-state index in [1.807, 2.05) is 13.8 Å². The van der Waals surface area contributed by atoms with Crippen molar-refractivity contribution >= 4 is 32.8 Å². The Balaban J connectivity index is 1.49. The summed E-state index contributed by atoms with van der Waals surface area (Å²) in [7, 11) is -3.70. The van der Waals surface area contributed by atoms with E-state index in [1.54, 1.807) is 31.2 Å². The zero-order valence-corrected chi connectivity index (χ0v) is 20.0. The third-order valence-corrected chi connectivity index (χ3v) is 7.45. The van der Waals surface area contributed by atoms with Crippen LogP contribution in [0, 0.1) is 0 Å². The molecule has 3 aromatic rings. The average Bonchev–Trinajstić information content (AvgIpc) is 2.82. The Morgan fingerprint density at radius 2 is 1.74 bits per heavy atom. The molecule has 0 aliphatic carbocycles. The van der Waals surface area contributed by atoms with Crippen LogP contribution in [0.2, 0.25) is 0 Å². The van der Waals surface area contributed by atoms with Crippen molar-refractivity contribution in [2.75, 3.05) is 18.5 Å². The van der Waals surface area contributed by atoms with Gasteiger partial charge in [-0.05, 0) is 57.2 Å². The number of rotatable bonds is 6. The van der Waals surface area contributed by atoms with Crippen molar-refractivity contribution in [3.63, 3.8) is 0 Å². The lowest BCUT2D eigenvalue weighted by Crippen LogP contribution is -2.48. The van der Waals surface area contributed by atoms with Crippen molar-refractivity contribution in [1.29, 1.82) is 0 Å². The molecule has 2 N–H and O–H groups in total. The summed E-state index contributed by atoms with van der Waals surface area (Å²) in [6.07, 6.45) is -0.391. The Labute approximate surface area is 197 Å². The van der Waals surface area contributed by atoms with E-state index in [1.165, 1.54) is 33.1 Å². The van der Waals surface area contributed by atoms with Crippen molar-refractivity contribution < 1.29 is 17.9 Å². The van der Waals surface area contributed by atoms with Crippen LogP contribution in [-0.4, -0.2) is 53.5 Å². The van der Waals surface area contributed by atoms with Gasteiger partial charge in [-0.2, -0.15) is 4.31 Å². The molecule has 34 heavy (non-hydrogen) atoms. The van der Waals surface area contributed by atoms with Crippen LogP contribution in [0.4, 0.5) is 5.95 Å². The summed E-state index contributed by atoms with van der Waals surface area (Å²) in [5.74, 6) is -0.295. The monoisotopic (exact) mass is 485 g/mol. The topological polar surface area (TPSA) is 123 Å². The predicted molar refractivity (Wildman–Crippen MR) is 128 cm³/mol. The maximum atomic E-state index is 13.0. The highest BCUT2D eigenvalue weighted by atomic mass is 32.2. The molecule has 4 rings (SSSR count). The number of amides is 1. The van der Waals surface area contributed by atoms with Gasteiger partial charge in [-0.3, -0.25) is 25.0 Å². The summed E-state index contributed by atoms with van der Waals surface area (Å²) in [5.41, 5.74) is 5.79. The minimum absolute atomic E-state index is 0.106. The Kier molecular flexibility index (Phi) is 6.69. The van der Waals surface area contributed by atoms with Crippen molar-refractivity contribution in [3.05, 3.63) is 64.4 Å². The lowest BCUT2D eigenvalue weighted by Gasteiger charge is -2.34. The van der Waals surface area contributed by atoms with E-state index >= 15 is 0 Å². The first kappa shape index (κ1) is 23.9. The molecule has 0 spiro atoms. The van der Waals surface area contributed by atoms with E-state index in [0.717, 1.165) is 0 Å². The van der Waals surface area contributed by atoms with Gasteiger partial charge in [-0.25, -0.2) is 13.4 Å². The lowest BCUT2D eigenvalue weighted by molar-refractivity contribution is -0.0440. The number of aromatic nitrogens is 2. The summed E-state index contributed by atoms with van der Waals surface area (Å²) in [6.45, 7) is 6.38. The second-order valence-corrected chi connectivity index (χ2v) is 10.1. The van der Waals surface area contributed by atoms with Crippen molar-refractivity contribution in [2.24, 2.45) is 0 Å². The van der Waals surface area contributed by atoms with Crippen LogP contribution in [-0.2, 0) is 21.3 Å². The van der Waals surface area contributed by atoms with Crippen LogP contribution in [0.15, 0.2) is 58.2 Å². The summed E-state index contributed by atoms with van der Waals surface area (Å²) >= 11 is 0. The van der Waals surface area contributed by atoms with Gasteiger partial charge in [0.2, 0.25) is 16.0 Å². The number of hydrazine groups is 1. The fourth-order valence-electron chi connectivity index (χ4n) is 4.00. The molecule has 2 heterocycles. The molecule has 0 unspecified atom stereocenters. The summed E-state index contributed by atoms with van der Waals surface area (Å²) in [6, 6.07) is 12.7. The Morgan fingerprint density at radius 1 is 1.09 bits per heavy atom. The number of para-hydroxylation sites is 1. The molecule has 1 amide bonds. The van der Waals surface area contributed by atoms with Crippen LogP contribution in [0.3, 0.4) is 0 Å². The molecule has 1 aliphatic rings. The van der Waals surface area contributed by atoms with Gasteiger partial charge in [0.05, 0.1) is 28.0 Å². The van der Waals surface area contributed by atoms with Gasteiger partial charge in [0.15, 0.2) is 0 Å². The number of benzene rings is 2. The molecule has 180 valence electrons. The van der Waals surface area contributed by atoms with E-state index in [0.29, 0.717) is 17.4 Å². The second kappa shape index (κ2) is 9.53. The molecule has 0 saturated carbocycles. The second-order valence-electron chi connectivity index (χ2n) is 8.18. The van der Waals surface area contributed by atoms with E-state index in [-0.39, 0.29) is 47.3 Å². The first-order valence-electron chi connectivity index (χ1n) is 11.0. The molecule has 1 saturated heterocycles. The third kappa shape index (κ3) is 4.67. The highest BCUT2D eigenvalue weighted by Gasteiger charge is 2.32. The van der Waals surface area contributed by atoms with Crippen molar-refractivity contribution in [3.8, 4) is 0 Å². The number of fused-ring (bicyclic) bond motifs is 1. The number of carbonyl (C=O) groups excluding carboxylic acids is 1. The molecule has 10 nitrogen and oxygen atoms in total. The van der Waals surface area contributed by atoms with Crippen LogP contribution >= 0.6 is 0 Å². The van der Waals surface area contributed by atoms with Gasteiger partial charge in [0.25, 0.3) is 11.5 Å². The molecule has 0 bridgehead atoms. The van der Waals surface area contributed by atoms with Gasteiger partial charge >= 0.3 is 0 Å². The number of hydrogen-bond donors (Lipinski definition) is 2. The summed E-state index contributed by atoms with van der Waals surface area (Å²) in [5, 5.41) is 0.488. The number of sulfonamides is 1. The van der Waals surface area contributed by atoms with Crippen LogP contribution < -0.4 is 16.4 Å². The zero-order valence-electron chi connectivity index (χ0n) is 19.2. The molecule has 0 radical (unpaired) electrons. The molecule has 1 aromatic heterocycles. The van der Waals surface area contributed by atoms with E-state index in [4.69, 9.17) is 4.74 Å². The van der Waals surface area contributed by atoms with Crippen LogP contribution in [0.1, 0.15) is 31.1 Å².